The van der Waals surface area contributed by atoms with Gasteiger partial charge in [0.05, 0.1) is 0 Å². The van der Waals surface area contributed by atoms with Crippen LogP contribution in [0.3, 0.4) is 0 Å². The van der Waals surface area contributed by atoms with Crippen molar-refractivity contribution in [1.82, 2.24) is 14.9 Å². The highest BCUT2D eigenvalue weighted by atomic mass is 16.2. The van der Waals surface area contributed by atoms with E-state index in [1.807, 2.05) is 7.05 Å². The van der Waals surface area contributed by atoms with Gasteiger partial charge in [0.25, 0.3) is 0 Å². The summed E-state index contributed by atoms with van der Waals surface area (Å²) < 4.78 is 0. The number of likely N-dealkylation sites (tertiary alicyclic amines) is 1. The molecule has 6 heteroatoms. The lowest BCUT2D eigenvalue weighted by atomic mass is 9.95. The third kappa shape index (κ3) is 4.18. The lowest BCUT2D eigenvalue weighted by Crippen LogP contribution is -2.36. The Morgan fingerprint density at radius 3 is 2.55 bits per heavy atom. The summed E-state index contributed by atoms with van der Waals surface area (Å²) in [5, 5.41) is 0. The largest absolute Gasteiger partial charge is 0.372 e. The SMILES string of the molecule is Cc1nc([C@@H]2CCCN(Cc3ccc(N4CCCC4)cc3)C2)nc2c1CCC(=O)N2C. The first-order chi connectivity index (χ1) is 15.1. The first-order valence-electron chi connectivity index (χ1n) is 11.8. The van der Waals surface area contributed by atoms with E-state index < -0.39 is 0 Å². The van der Waals surface area contributed by atoms with Crippen molar-refractivity contribution in [3.05, 3.63) is 46.9 Å². The molecule has 1 amide bonds. The molecule has 0 N–H and O–H groups in total. The van der Waals surface area contributed by atoms with E-state index in [9.17, 15) is 4.79 Å². The molecule has 5 rings (SSSR count). The van der Waals surface area contributed by atoms with Crippen LogP contribution in [0.1, 0.15) is 60.7 Å². The Hall–Kier alpha value is -2.47. The van der Waals surface area contributed by atoms with Gasteiger partial charge in [0.1, 0.15) is 11.6 Å². The molecule has 0 spiro atoms. The van der Waals surface area contributed by atoms with Gasteiger partial charge < -0.3 is 4.90 Å². The van der Waals surface area contributed by atoms with Crippen molar-refractivity contribution >= 4 is 17.4 Å². The Kier molecular flexibility index (Phi) is 5.65. The summed E-state index contributed by atoms with van der Waals surface area (Å²) in [6.07, 6.45) is 6.21. The van der Waals surface area contributed by atoms with Crippen LogP contribution in [0.25, 0.3) is 0 Å². The minimum Gasteiger partial charge on any atom is -0.372 e. The number of amides is 1. The quantitative estimate of drug-likeness (QED) is 0.757. The summed E-state index contributed by atoms with van der Waals surface area (Å²) in [5.74, 6) is 2.21. The van der Waals surface area contributed by atoms with Crippen molar-refractivity contribution in [2.75, 3.05) is 43.0 Å². The van der Waals surface area contributed by atoms with Crippen LogP contribution in [0.5, 0.6) is 0 Å². The molecule has 0 aliphatic carbocycles. The molecule has 0 bridgehead atoms. The zero-order valence-electron chi connectivity index (χ0n) is 18.8. The molecule has 164 valence electrons. The smallest absolute Gasteiger partial charge is 0.228 e. The van der Waals surface area contributed by atoms with Gasteiger partial charge in [-0.25, -0.2) is 9.97 Å². The number of aromatic nitrogens is 2. The van der Waals surface area contributed by atoms with Gasteiger partial charge in [-0.3, -0.25) is 14.6 Å². The highest BCUT2D eigenvalue weighted by molar-refractivity contribution is 5.94. The molecule has 1 aromatic heterocycles. The van der Waals surface area contributed by atoms with Gasteiger partial charge >= 0.3 is 0 Å². The molecular weight excluding hydrogens is 386 g/mol. The number of hydrogen-bond donors (Lipinski definition) is 0. The highest BCUT2D eigenvalue weighted by Gasteiger charge is 2.29. The minimum atomic E-state index is 0.152. The molecule has 0 radical (unpaired) electrons. The first kappa shape index (κ1) is 20.4. The molecule has 1 aromatic carbocycles. The zero-order chi connectivity index (χ0) is 21.4. The van der Waals surface area contributed by atoms with Crippen LogP contribution in [0, 0.1) is 6.92 Å². The third-order valence-electron chi connectivity index (χ3n) is 7.17. The second-order valence-electron chi connectivity index (χ2n) is 9.36. The molecule has 3 aliphatic rings. The molecule has 1 atom stereocenters. The molecule has 2 saturated heterocycles. The number of piperidine rings is 1. The molecule has 0 saturated carbocycles. The topological polar surface area (TPSA) is 52.6 Å². The van der Waals surface area contributed by atoms with E-state index in [1.165, 1.54) is 37.2 Å². The maximum atomic E-state index is 12.2. The van der Waals surface area contributed by atoms with E-state index in [0.29, 0.717) is 12.3 Å². The van der Waals surface area contributed by atoms with Crippen LogP contribution in [0.15, 0.2) is 24.3 Å². The number of hydrogen-bond acceptors (Lipinski definition) is 5. The van der Waals surface area contributed by atoms with Crippen molar-refractivity contribution in [2.45, 2.75) is 57.9 Å². The van der Waals surface area contributed by atoms with Gasteiger partial charge in [-0.15, -0.1) is 0 Å². The van der Waals surface area contributed by atoms with Crippen LogP contribution in [-0.2, 0) is 17.8 Å². The first-order valence-corrected chi connectivity index (χ1v) is 11.8. The highest BCUT2D eigenvalue weighted by Crippen LogP contribution is 2.32. The minimum absolute atomic E-state index is 0.152. The standard InChI is InChI=1S/C25H33N5O/c1-18-22-11-12-23(31)28(2)25(22)27-24(26-18)20-6-5-13-29(17-20)16-19-7-9-21(10-8-19)30-14-3-4-15-30/h7-10,20H,3-6,11-17H2,1-2H3/t20-/m1/s1. The predicted molar refractivity (Wildman–Crippen MR) is 124 cm³/mol. The molecule has 2 aromatic rings. The summed E-state index contributed by atoms with van der Waals surface area (Å²) in [7, 11) is 1.84. The van der Waals surface area contributed by atoms with Gasteiger partial charge in [-0.2, -0.15) is 0 Å². The van der Waals surface area contributed by atoms with Crippen LogP contribution in [-0.4, -0.2) is 54.0 Å². The Morgan fingerprint density at radius 2 is 1.77 bits per heavy atom. The molecule has 0 unspecified atom stereocenters. The predicted octanol–water partition coefficient (Wildman–Crippen LogP) is 3.67. The lowest BCUT2D eigenvalue weighted by molar-refractivity contribution is -0.118. The molecule has 3 aliphatic heterocycles. The number of anilines is 2. The van der Waals surface area contributed by atoms with Crippen molar-refractivity contribution in [1.29, 1.82) is 0 Å². The normalized spacial score (nSPS) is 22.1. The number of carbonyl (C=O) groups excluding carboxylic acids is 1. The van der Waals surface area contributed by atoms with Crippen molar-refractivity contribution in [3.8, 4) is 0 Å². The van der Waals surface area contributed by atoms with E-state index in [4.69, 9.17) is 9.97 Å². The van der Waals surface area contributed by atoms with E-state index >= 15 is 0 Å². The fourth-order valence-electron chi connectivity index (χ4n) is 5.33. The maximum absolute atomic E-state index is 12.2. The van der Waals surface area contributed by atoms with E-state index in [2.05, 4.69) is 41.0 Å². The van der Waals surface area contributed by atoms with Gasteiger partial charge in [-0.05, 0) is 63.3 Å². The number of aryl methyl sites for hydroxylation is 1. The maximum Gasteiger partial charge on any atom is 0.228 e. The fraction of sp³-hybridized carbons (Fsp3) is 0.560. The molecular formula is C25H33N5O. The fourth-order valence-corrected chi connectivity index (χ4v) is 5.33. The summed E-state index contributed by atoms with van der Waals surface area (Å²) in [6, 6.07) is 9.14. The van der Waals surface area contributed by atoms with Crippen LogP contribution in [0.4, 0.5) is 11.5 Å². The second kappa shape index (κ2) is 8.58. The number of nitrogens with zero attached hydrogens (tertiary/aromatic N) is 5. The zero-order valence-corrected chi connectivity index (χ0v) is 18.8. The average molecular weight is 420 g/mol. The lowest BCUT2D eigenvalue weighted by Gasteiger charge is -2.33. The van der Waals surface area contributed by atoms with Gasteiger partial charge in [0.2, 0.25) is 5.91 Å². The number of rotatable bonds is 4. The van der Waals surface area contributed by atoms with E-state index in [-0.39, 0.29) is 5.91 Å². The molecule has 2 fully saturated rings. The van der Waals surface area contributed by atoms with Gasteiger partial charge in [0, 0.05) is 62.5 Å². The van der Waals surface area contributed by atoms with Gasteiger partial charge in [-0.1, -0.05) is 12.1 Å². The van der Waals surface area contributed by atoms with E-state index in [1.54, 1.807) is 4.90 Å². The number of benzene rings is 1. The summed E-state index contributed by atoms with van der Waals surface area (Å²) in [6.45, 7) is 7.51. The van der Waals surface area contributed by atoms with Crippen molar-refractivity contribution in [3.63, 3.8) is 0 Å². The Labute approximate surface area is 185 Å². The number of carbonyl (C=O) groups is 1. The van der Waals surface area contributed by atoms with Crippen molar-refractivity contribution in [2.24, 2.45) is 0 Å². The number of fused-ring (bicyclic) bond motifs is 1. The second-order valence-corrected chi connectivity index (χ2v) is 9.36. The Bertz CT molecular complexity index is 951. The van der Waals surface area contributed by atoms with Crippen LogP contribution >= 0.6 is 0 Å². The Balaban J connectivity index is 1.28. The van der Waals surface area contributed by atoms with Crippen LogP contribution < -0.4 is 9.80 Å². The van der Waals surface area contributed by atoms with Gasteiger partial charge in [0.15, 0.2) is 0 Å². The molecule has 6 nitrogen and oxygen atoms in total. The summed E-state index contributed by atoms with van der Waals surface area (Å²) >= 11 is 0. The summed E-state index contributed by atoms with van der Waals surface area (Å²) in [5.41, 5.74) is 4.90. The van der Waals surface area contributed by atoms with Crippen LogP contribution in [0.2, 0.25) is 0 Å². The summed E-state index contributed by atoms with van der Waals surface area (Å²) in [4.78, 5) is 28.7. The van der Waals surface area contributed by atoms with E-state index in [0.717, 1.165) is 61.8 Å². The Morgan fingerprint density at radius 1 is 1.00 bits per heavy atom. The molecule has 4 heterocycles. The van der Waals surface area contributed by atoms with Crippen molar-refractivity contribution < 1.29 is 4.79 Å². The third-order valence-corrected chi connectivity index (χ3v) is 7.17. The monoisotopic (exact) mass is 419 g/mol. The average Bonchev–Trinajstić information content (AvgIpc) is 3.32. The molecule has 31 heavy (non-hydrogen) atoms.